The molecule has 3 aromatic rings. The minimum atomic E-state index is -0.595. The lowest BCUT2D eigenvalue weighted by Crippen LogP contribution is -2.51. The van der Waals surface area contributed by atoms with Crippen LogP contribution in [0.25, 0.3) is 10.6 Å². The SMILES string of the molecule is Cc1nc(-c2ccccc2)sc1C(=O)NNC(=O)[C@@H]1CCCN1C(=O)c1cccs1. The van der Waals surface area contributed by atoms with Gasteiger partial charge in [0, 0.05) is 12.1 Å². The molecule has 154 valence electrons. The highest BCUT2D eigenvalue weighted by atomic mass is 32.1. The molecule has 0 unspecified atom stereocenters. The van der Waals surface area contributed by atoms with Crippen LogP contribution < -0.4 is 10.9 Å². The van der Waals surface area contributed by atoms with Gasteiger partial charge in [0.15, 0.2) is 0 Å². The Morgan fingerprint density at radius 3 is 2.63 bits per heavy atom. The molecule has 7 nitrogen and oxygen atoms in total. The number of hydrogen-bond donors (Lipinski definition) is 2. The second-order valence-electron chi connectivity index (χ2n) is 6.88. The number of nitrogens with one attached hydrogen (secondary N) is 2. The maximum atomic E-state index is 12.6. The number of aryl methyl sites for hydroxylation is 1. The van der Waals surface area contributed by atoms with E-state index in [0.29, 0.717) is 28.4 Å². The van der Waals surface area contributed by atoms with E-state index in [0.717, 1.165) is 17.0 Å². The number of nitrogens with zero attached hydrogens (tertiary/aromatic N) is 2. The number of rotatable bonds is 4. The van der Waals surface area contributed by atoms with E-state index in [-0.39, 0.29) is 5.91 Å². The van der Waals surface area contributed by atoms with Crippen molar-refractivity contribution in [2.24, 2.45) is 0 Å². The average Bonchev–Trinajstić information content (AvgIpc) is 3.52. The summed E-state index contributed by atoms with van der Waals surface area (Å²) in [4.78, 5) is 44.9. The van der Waals surface area contributed by atoms with Crippen LogP contribution in [0.15, 0.2) is 47.8 Å². The summed E-state index contributed by atoms with van der Waals surface area (Å²) in [5.74, 6) is -0.967. The number of aromatic nitrogens is 1. The van der Waals surface area contributed by atoms with Gasteiger partial charge in [-0.15, -0.1) is 22.7 Å². The third kappa shape index (κ3) is 4.12. The van der Waals surface area contributed by atoms with Crippen molar-refractivity contribution in [1.82, 2.24) is 20.7 Å². The van der Waals surface area contributed by atoms with E-state index in [2.05, 4.69) is 15.8 Å². The summed E-state index contributed by atoms with van der Waals surface area (Å²) in [6.07, 6.45) is 1.31. The van der Waals surface area contributed by atoms with Crippen molar-refractivity contribution < 1.29 is 14.4 Å². The normalized spacial score (nSPS) is 15.8. The van der Waals surface area contributed by atoms with Gasteiger partial charge in [0.1, 0.15) is 15.9 Å². The molecule has 1 aliphatic heterocycles. The van der Waals surface area contributed by atoms with Crippen LogP contribution in [0.1, 0.15) is 37.9 Å². The molecule has 2 N–H and O–H groups in total. The highest BCUT2D eigenvalue weighted by Crippen LogP contribution is 2.27. The minimum Gasteiger partial charge on any atom is -0.326 e. The zero-order chi connectivity index (χ0) is 21.1. The third-order valence-corrected chi connectivity index (χ3v) is 6.93. The predicted molar refractivity (Wildman–Crippen MR) is 116 cm³/mol. The van der Waals surface area contributed by atoms with Crippen LogP contribution in [0.5, 0.6) is 0 Å². The highest BCUT2D eigenvalue weighted by molar-refractivity contribution is 7.17. The number of thiazole rings is 1. The molecule has 0 aliphatic carbocycles. The molecule has 4 rings (SSSR count). The van der Waals surface area contributed by atoms with E-state index in [1.54, 1.807) is 17.9 Å². The third-order valence-electron chi connectivity index (χ3n) is 4.87. The molecule has 3 heterocycles. The van der Waals surface area contributed by atoms with Crippen LogP contribution in [-0.4, -0.2) is 40.2 Å². The van der Waals surface area contributed by atoms with E-state index >= 15 is 0 Å². The smallest absolute Gasteiger partial charge is 0.281 e. The molecule has 3 amide bonds. The Bertz CT molecular complexity index is 1060. The minimum absolute atomic E-state index is 0.153. The standard InChI is InChI=1S/C21H20N4O3S2/c1-13-17(30-20(22-13)14-7-3-2-4-8-14)19(27)24-23-18(26)15-9-5-11-25(15)21(28)16-10-6-12-29-16/h2-4,6-8,10,12,15H,5,9,11H2,1H3,(H,23,26)(H,24,27)/t15-/m0/s1. The monoisotopic (exact) mass is 440 g/mol. The molecule has 0 spiro atoms. The van der Waals surface area contributed by atoms with Crippen molar-refractivity contribution in [2.75, 3.05) is 6.54 Å². The highest BCUT2D eigenvalue weighted by Gasteiger charge is 2.35. The lowest BCUT2D eigenvalue weighted by molar-refractivity contribution is -0.125. The number of carbonyl (C=O) groups excluding carboxylic acids is 3. The topological polar surface area (TPSA) is 91.4 Å². The largest absolute Gasteiger partial charge is 0.326 e. The second kappa shape index (κ2) is 8.76. The summed E-state index contributed by atoms with van der Waals surface area (Å²) in [6, 6.07) is 12.6. The molecule has 0 saturated carbocycles. The first-order chi connectivity index (χ1) is 14.5. The second-order valence-corrected chi connectivity index (χ2v) is 8.82. The zero-order valence-corrected chi connectivity index (χ0v) is 17.9. The Labute approximate surface area is 181 Å². The Hall–Kier alpha value is -3.04. The fraction of sp³-hybridized carbons (Fsp3) is 0.238. The van der Waals surface area contributed by atoms with Crippen LogP contribution in [-0.2, 0) is 4.79 Å². The molecule has 1 aromatic carbocycles. The van der Waals surface area contributed by atoms with Gasteiger partial charge in [-0.25, -0.2) is 4.98 Å². The van der Waals surface area contributed by atoms with Gasteiger partial charge in [0.2, 0.25) is 0 Å². The van der Waals surface area contributed by atoms with Crippen molar-refractivity contribution in [3.8, 4) is 10.6 Å². The number of carbonyl (C=O) groups is 3. The molecular formula is C21H20N4O3S2. The van der Waals surface area contributed by atoms with Gasteiger partial charge in [-0.3, -0.25) is 25.2 Å². The molecular weight excluding hydrogens is 420 g/mol. The van der Waals surface area contributed by atoms with Crippen LogP contribution >= 0.6 is 22.7 Å². The zero-order valence-electron chi connectivity index (χ0n) is 16.3. The average molecular weight is 441 g/mol. The summed E-state index contributed by atoms with van der Waals surface area (Å²) >= 11 is 2.62. The summed E-state index contributed by atoms with van der Waals surface area (Å²) in [5.41, 5.74) is 6.48. The van der Waals surface area contributed by atoms with E-state index in [4.69, 9.17) is 0 Å². The Kier molecular flexibility index (Phi) is 5.91. The molecule has 0 radical (unpaired) electrons. The van der Waals surface area contributed by atoms with Gasteiger partial charge in [0.25, 0.3) is 17.7 Å². The quantitative estimate of drug-likeness (QED) is 0.610. The first-order valence-electron chi connectivity index (χ1n) is 9.52. The van der Waals surface area contributed by atoms with Gasteiger partial charge in [-0.2, -0.15) is 0 Å². The number of hydrazine groups is 1. The van der Waals surface area contributed by atoms with Crippen LogP contribution in [0, 0.1) is 6.92 Å². The Balaban J connectivity index is 1.40. The van der Waals surface area contributed by atoms with Gasteiger partial charge in [0.05, 0.1) is 10.6 Å². The molecule has 30 heavy (non-hydrogen) atoms. The summed E-state index contributed by atoms with van der Waals surface area (Å²) in [5, 5.41) is 2.58. The molecule has 1 saturated heterocycles. The van der Waals surface area contributed by atoms with E-state index in [1.165, 1.54) is 22.7 Å². The summed E-state index contributed by atoms with van der Waals surface area (Å²) in [6.45, 7) is 2.29. The maximum Gasteiger partial charge on any atom is 0.281 e. The molecule has 1 fully saturated rings. The maximum absolute atomic E-state index is 12.6. The number of likely N-dealkylation sites (tertiary alicyclic amines) is 1. The van der Waals surface area contributed by atoms with Gasteiger partial charge in [-0.05, 0) is 31.2 Å². The van der Waals surface area contributed by atoms with Crippen molar-refractivity contribution in [2.45, 2.75) is 25.8 Å². The lowest BCUT2D eigenvalue weighted by Gasteiger charge is -2.23. The van der Waals surface area contributed by atoms with E-state index in [1.807, 2.05) is 41.8 Å². The fourth-order valence-corrected chi connectivity index (χ4v) is 5.04. The molecule has 0 bridgehead atoms. The van der Waals surface area contributed by atoms with Crippen molar-refractivity contribution in [3.05, 3.63) is 63.3 Å². The summed E-state index contributed by atoms with van der Waals surface area (Å²) in [7, 11) is 0. The molecule has 1 atom stereocenters. The number of amides is 3. The van der Waals surface area contributed by atoms with Crippen LogP contribution in [0.3, 0.4) is 0 Å². The number of hydrogen-bond acceptors (Lipinski definition) is 6. The Morgan fingerprint density at radius 1 is 1.10 bits per heavy atom. The van der Waals surface area contributed by atoms with Gasteiger partial charge < -0.3 is 4.90 Å². The van der Waals surface area contributed by atoms with Crippen molar-refractivity contribution in [1.29, 1.82) is 0 Å². The Morgan fingerprint density at radius 2 is 1.90 bits per heavy atom. The van der Waals surface area contributed by atoms with E-state index < -0.39 is 17.9 Å². The van der Waals surface area contributed by atoms with Crippen molar-refractivity contribution >= 4 is 40.4 Å². The first-order valence-corrected chi connectivity index (χ1v) is 11.2. The predicted octanol–water partition coefficient (Wildman–Crippen LogP) is 3.25. The van der Waals surface area contributed by atoms with Gasteiger partial charge in [-0.1, -0.05) is 36.4 Å². The number of benzene rings is 1. The number of thiophene rings is 1. The molecule has 1 aliphatic rings. The fourth-order valence-electron chi connectivity index (χ4n) is 3.39. The van der Waals surface area contributed by atoms with Crippen molar-refractivity contribution in [3.63, 3.8) is 0 Å². The van der Waals surface area contributed by atoms with Crippen LogP contribution in [0.2, 0.25) is 0 Å². The van der Waals surface area contributed by atoms with Crippen LogP contribution in [0.4, 0.5) is 0 Å². The summed E-state index contributed by atoms with van der Waals surface area (Å²) < 4.78 is 0. The first kappa shape index (κ1) is 20.2. The molecule has 2 aromatic heterocycles. The van der Waals surface area contributed by atoms with Gasteiger partial charge >= 0.3 is 0 Å². The lowest BCUT2D eigenvalue weighted by atomic mass is 10.2. The van der Waals surface area contributed by atoms with E-state index in [9.17, 15) is 14.4 Å². The molecule has 9 heteroatoms.